The van der Waals surface area contributed by atoms with Crippen LogP contribution >= 0.6 is 0 Å². The Balaban J connectivity index is 1.52. The summed E-state index contributed by atoms with van der Waals surface area (Å²) in [6.45, 7) is 4.48. The van der Waals surface area contributed by atoms with Crippen molar-refractivity contribution in [2.45, 2.75) is 16.7 Å². The molecule has 0 aliphatic carbocycles. The Morgan fingerprint density at radius 1 is 0.833 bits per heavy atom. The second-order valence-corrected chi connectivity index (χ2v) is 11.5. The lowest BCUT2D eigenvalue weighted by Gasteiger charge is -2.38. The maximum Gasteiger partial charge on any atom is 0.338 e. The fourth-order valence-corrected chi connectivity index (χ4v) is 6.54. The summed E-state index contributed by atoms with van der Waals surface area (Å²) in [6.07, 6.45) is 1.42. The van der Waals surface area contributed by atoms with Gasteiger partial charge in [0, 0.05) is 49.5 Å². The van der Waals surface area contributed by atoms with Gasteiger partial charge in [0.25, 0.3) is 0 Å². The molecule has 0 radical (unpaired) electrons. The number of esters is 1. The van der Waals surface area contributed by atoms with E-state index in [1.807, 2.05) is 12.1 Å². The molecule has 1 fully saturated rings. The van der Waals surface area contributed by atoms with E-state index >= 15 is 0 Å². The second kappa shape index (κ2) is 12.2. The number of hydrogen-bond donors (Lipinski definition) is 0. The highest BCUT2D eigenvalue weighted by Gasteiger charge is 2.30. The van der Waals surface area contributed by atoms with Crippen molar-refractivity contribution in [2.75, 3.05) is 63.9 Å². The van der Waals surface area contributed by atoms with E-state index in [1.54, 1.807) is 57.5 Å². The van der Waals surface area contributed by atoms with E-state index in [-0.39, 0.29) is 15.8 Å². The number of fused-ring (bicyclic) bond motifs is 1. The minimum absolute atomic E-state index is 0.111. The Morgan fingerprint density at radius 3 is 2.05 bits per heavy atom. The molecule has 5 rings (SSSR count). The van der Waals surface area contributed by atoms with E-state index in [1.165, 1.54) is 25.4 Å². The van der Waals surface area contributed by atoms with Crippen LogP contribution in [0.4, 0.5) is 11.4 Å². The Hall–Kier alpha value is -4.51. The molecule has 0 amide bonds. The molecule has 42 heavy (non-hydrogen) atoms. The first-order chi connectivity index (χ1) is 20.3. The summed E-state index contributed by atoms with van der Waals surface area (Å²) in [7, 11) is 0.679. The van der Waals surface area contributed by atoms with Crippen molar-refractivity contribution in [3.63, 3.8) is 0 Å². The molecule has 0 N–H and O–H groups in total. The van der Waals surface area contributed by atoms with Crippen molar-refractivity contribution in [3.05, 3.63) is 72.4 Å². The number of pyridine rings is 1. The molecule has 0 saturated carbocycles. The number of benzene rings is 3. The number of methoxy groups -OCH3 is 3. The number of hydrogen-bond acceptors (Lipinski definition) is 10. The monoisotopic (exact) mass is 591 g/mol. The molecule has 11 heteroatoms. The Bertz CT molecular complexity index is 1680. The van der Waals surface area contributed by atoms with Gasteiger partial charge in [0.1, 0.15) is 10.6 Å². The van der Waals surface area contributed by atoms with Gasteiger partial charge in [0.05, 0.1) is 49.6 Å². The summed E-state index contributed by atoms with van der Waals surface area (Å²) in [6, 6.07) is 17.2. The molecule has 1 aliphatic rings. The minimum Gasteiger partial charge on any atom is -0.497 e. The number of aromatic nitrogens is 1. The van der Waals surface area contributed by atoms with Gasteiger partial charge >= 0.3 is 5.97 Å². The number of carbonyl (C=O) groups is 1. The minimum atomic E-state index is -3.94. The molecule has 1 aliphatic heterocycles. The Kier molecular flexibility index (Phi) is 8.39. The highest BCUT2D eigenvalue weighted by atomic mass is 32.2. The molecule has 0 spiro atoms. The highest BCUT2D eigenvalue weighted by Crippen LogP contribution is 2.41. The molecular weight excluding hydrogens is 558 g/mol. The lowest BCUT2D eigenvalue weighted by atomic mass is 10.1. The van der Waals surface area contributed by atoms with Gasteiger partial charge in [-0.15, -0.1) is 0 Å². The van der Waals surface area contributed by atoms with Gasteiger partial charge in [-0.25, -0.2) is 13.2 Å². The first-order valence-corrected chi connectivity index (χ1v) is 15.0. The van der Waals surface area contributed by atoms with Crippen molar-refractivity contribution in [1.29, 1.82) is 0 Å². The molecule has 3 aromatic carbocycles. The summed E-state index contributed by atoms with van der Waals surface area (Å²) in [5.41, 5.74) is 2.63. The van der Waals surface area contributed by atoms with E-state index < -0.39 is 9.84 Å². The predicted molar refractivity (Wildman–Crippen MR) is 160 cm³/mol. The summed E-state index contributed by atoms with van der Waals surface area (Å²) < 4.78 is 49.4. The molecule has 220 valence electrons. The number of nitrogens with zero attached hydrogens (tertiary/aromatic N) is 3. The van der Waals surface area contributed by atoms with Crippen LogP contribution in [0.1, 0.15) is 17.3 Å². The Labute approximate surface area is 245 Å². The normalized spacial score (nSPS) is 13.6. The van der Waals surface area contributed by atoms with E-state index in [0.29, 0.717) is 72.2 Å². The fraction of sp³-hybridized carbons (Fsp3) is 0.290. The third-order valence-electron chi connectivity index (χ3n) is 7.31. The van der Waals surface area contributed by atoms with Crippen LogP contribution in [0.5, 0.6) is 17.2 Å². The van der Waals surface area contributed by atoms with Gasteiger partial charge in [0.2, 0.25) is 9.84 Å². The molecule has 1 saturated heterocycles. The van der Waals surface area contributed by atoms with Crippen molar-refractivity contribution in [3.8, 4) is 17.2 Å². The standard InChI is InChI=1S/C31H33N3O7S/c1-5-41-31(35)21-6-8-22(9-7-21)33-14-16-34(17-15-33)30-25-18-27(39-3)28(40-4)19-26(25)32-20-29(30)42(36,37)24-12-10-23(38-2)11-13-24/h6-13,18-20H,5,14-17H2,1-4H3. The molecule has 0 bridgehead atoms. The van der Waals surface area contributed by atoms with Crippen LogP contribution < -0.4 is 24.0 Å². The highest BCUT2D eigenvalue weighted by molar-refractivity contribution is 7.91. The van der Waals surface area contributed by atoms with Crippen LogP contribution in [0.3, 0.4) is 0 Å². The van der Waals surface area contributed by atoms with Crippen molar-refractivity contribution < 1.29 is 32.2 Å². The molecule has 10 nitrogen and oxygen atoms in total. The van der Waals surface area contributed by atoms with Crippen LogP contribution in [0.15, 0.2) is 76.7 Å². The third-order valence-corrected chi connectivity index (χ3v) is 9.08. The van der Waals surface area contributed by atoms with Gasteiger partial charge in [-0.05, 0) is 61.5 Å². The van der Waals surface area contributed by atoms with Crippen LogP contribution in [0.25, 0.3) is 10.9 Å². The molecule has 0 atom stereocenters. The van der Waals surface area contributed by atoms with Crippen molar-refractivity contribution >= 4 is 38.1 Å². The van der Waals surface area contributed by atoms with E-state index in [4.69, 9.17) is 18.9 Å². The van der Waals surface area contributed by atoms with Gasteiger partial charge in [-0.1, -0.05) is 0 Å². The van der Waals surface area contributed by atoms with Crippen LogP contribution in [-0.4, -0.2) is 73.5 Å². The number of piperazine rings is 1. The summed E-state index contributed by atoms with van der Waals surface area (Å²) in [5.74, 6) is 1.20. The zero-order valence-corrected chi connectivity index (χ0v) is 24.8. The predicted octanol–water partition coefficient (Wildman–Crippen LogP) is 4.60. The Morgan fingerprint density at radius 2 is 1.45 bits per heavy atom. The third kappa shape index (κ3) is 5.52. The molecular formula is C31H33N3O7S. The van der Waals surface area contributed by atoms with Gasteiger partial charge in [-0.2, -0.15) is 0 Å². The van der Waals surface area contributed by atoms with Crippen LogP contribution in [0, 0.1) is 0 Å². The SMILES string of the molecule is CCOC(=O)c1ccc(N2CCN(c3c(S(=O)(=O)c4ccc(OC)cc4)cnc4cc(OC)c(OC)cc34)CC2)cc1. The zero-order valence-electron chi connectivity index (χ0n) is 24.0. The van der Waals surface area contributed by atoms with Gasteiger partial charge in [0.15, 0.2) is 11.5 Å². The zero-order chi connectivity index (χ0) is 29.9. The lowest BCUT2D eigenvalue weighted by Crippen LogP contribution is -2.47. The lowest BCUT2D eigenvalue weighted by molar-refractivity contribution is 0.0526. The van der Waals surface area contributed by atoms with E-state index in [9.17, 15) is 13.2 Å². The van der Waals surface area contributed by atoms with Crippen molar-refractivity contribution in [2.24, 2.45) is 0 Å². The average molecular weight is 592 g/mol. The summed E-state index contributed by atoms with van der Waals surface area (Å²) >= 11 is 0. The van der Waals surface area contributed by atoms with Crippen molar-refractivity contribution in [1.82, 2.24) is 4.98 Å². The van der Waals surface area contributed by atoms with E-state index in [0.717, 1.165) is 5.69 Å². The molecule has 0 unspecified atom stereocenters. The van der Waals surface area contributed by atoms with Crippen LogP contribution in [-0.2, 0) is 14.6 Å². The summed E-state index contributed by atoms with van der Waals surface area (Å²) in [5, 5.41) is 0.648. The summed E-state index contributed by atoms with van der Waals surface area (Å²) in [4.78, 5) is 21.1. The van der Waals surface area contributed by atoms with Gasteiger partial charge in [-0.3, -0.25) is 4.98 Å². The average Bonchev–Trinajstić information content (AvgIpc) is 3.03. The number of carbonyl (C=O) groups excluding carboxylic acids is 1. The molecule has 1 aromatic heterocycles. The maximum atomic E-state index is 14.0. The second-order valence-electron chi connectivity index (χ2n) is 9.62. The smallest absolute Gasteiger partial charge is 0.338 e. The fourth-order valence-electron chi connectivity index (χ4n) is 5.10. The number of anilines is 2. The largest absolute Gasteiger partial charge is 0.497 e. The topological polar surface area (TPSA) is 108 Å². The molecule has 4 aromatic rings. The molecule has 2 heterocycles. The van der Waals surface area contributed by atoms with Gasteiger partial charge < -0.3 is 28.7 Å². The number of sulfone groups is 1. The quantitative estimate of drug-likeness (QED) is 0.256. The maximum absolute atomic E-state index is 14.0. The number of rotatable bonds is 9. The van der Waals surface area contributed by atoms with E-state index in [2.05, 4.69) is 14.8 Å². The first kappa shape index (κ1) is 29.0. The first-order valence-electron chi connectivity index (χ1n) is 13.5. The number of ether oxygens (including phenoxy) is 4. The van der Waals surface area contributed by atoms with Crippen LogP contribution in [0.2, 0.25) is 0 Å².